The maximum absolute atomic E-state index is 12.7. The molecule has 27 heavy (non-hydrogen) atoms. The molecule has 0 saturated heterocycles. The van der Waals surface area contributed by atoms with Crippen LogP contribution in [0.3, 0.4) is 0 Å². The van der Waals surface area contributed by atoms with Crippen LogP contribution in [0.4, 0.5) is 13.2 Å². The van der Waals surface area contributed by atoms with E-state index in [4.69, 9.17) is 11.6 Å². The summed E-state index contributed by atoms with van der Waals surface area (Å²) in [6.45, 7) is 0. The van der Waals surface area contributed by atoms with Crippen LogP contribution in [0.1, 0.15) is 22.5 Å². The largest absolute Gasteiger partial charge is 0.417 e. The molecule has 3 nitrogen and oxygen atoms in total. The van der Waals surface area contributed by atoms with Crippen molar-refractivity contribution in [3.8, 4) is 0 Å². The Kier molecular flexibility index (Phi) is 6.13. The van der Waals surface area contributed by atoms with Gasteiger partial charge in [0.25, 0.3) is 0 Å². The van der Waals surface area contributed by atoms with Crippen molar-refractivity contribution in [1.82, 2.24) is 15.0 Å². The molecular weight excluding hydrogens is 395 g/mol. The lowest BCUT2D eigenvalue weighted by atomic mass is 10.2. The predicted molar refractivity (Wildman–Crippen MR) is 101 cm³/mol. The van der Waals surface area contributed by atoms with Gasteiger partial charge in [-0.3, -0.25) is 4.98 Å². The molecular formula is C19H13ClF3N3S. The Labute approximate surface area is 163 Å². The minimum atomic E-state index is -4.47. The first-order chi connectivity index (χ1) is 12.9. The Morgan fingerprint density at radius 2 is 1.81 bits per heavy atom. The summed E-state index contributed by atoms with van der Waals surface area (Å²) in [4.78, 5) is 12.4. The van der Waals surface area contributed by atoms with Crippen LogP contribution in [-0.4, -0.2) is 15.0 Å². The minimum Gasteiger partial charge on any atom is -0.258 e. The lowest BCUT2D eigenvalue weighted by molar-refractivity contribution is -0.137. The zero-order valence-electron chi connectivity index (χ0n) is 13.8. The molecule has 0 fully saturated rings. The van der Waals surface area contributed by atoms with E-state index in [1.807, 2.05) is 42.5 Å². The molecule has 3 rings (SSSR count). The van der Waals surface area contributed by atoms with Crippen LogP contribution < -0.4 is 0 Å². The molecule has 0 unspecified atom stereocenters. The summed E-state index contributed by atoms with van der Waals surface area (Å²) < 4.78 is 38.0. The average Bonchev–Trinajstić information content (AvgIpc) is 2.66. The Balaban J connectivity index is 1.67. The summed E-state index contributed by atoms with van der Waals surface area (Å²) in [5, 5.41) is 0.459. The quantitative estimate of drug-likeness (QED) is 0.383. The molecule has 2 aromatic heterocycles. The highest BCUT2D eigenvalue weighted by atomic mass is 35.5. The van der Waals surface area contributed by atoms with Crippen LogP contribution in [0.2, 0.25) is 5.02 Å². The van der Waals surface area contributed by atoms with Crippen LogP contribution in [0, 0.1) is 0 Å². The van der Waals surface area contributed by atoms with Gasteiger partial charge in [0.2, 0.25) is 0 Å². The van der Waals surface area contributed by atoms with Crippen molar-refractivity contribution in [2.45, 2.75) is 17.1 Å². The van der Waals surface area contributed by atoms with Gasteiger partial charge in [0.05, 0.1) is 22.0 Å². The third-order valence-electron chi connectivity index (χ3n) is 3.48. The molecule has 8 heteroatoms. The van der Waals surface area contributed by atoms with Gasteiger partial charge in [-0.25, -0.2) is 9.97 Å². The summed E-state index contributed by atoms with van der Waals surface area (Å²) >= 11 is 7.18. The number of rotatable bonds is 5. The molecule has 138 valence electrons. The molecule has 0 aliphatic heterocycles. The van der Waals surface area contributed by atoms with Gasteiger partial charge >= 0.3 is 6.18 Å². The SMILES string of the molecule is FC(F)(F)c1cnc(CSc2nccc(C=Cc3ccccc3)n2)c(Cl)c1. The molecule has 2 heterocycles. The van der Waals surface area contributed by atoms with Crippen LogP contribution >= 0.6 is 23.4 Å². The van der Waals surface area contributed by atoms with Crippen LogP contribution in [0.25, 0.3) is 12.2 Å². The van der Waals surface area contributed by atoms with Gasteiger partial charge in [-0.05, 0) is 23.8 Å². The molecule has 0 radical (unpaired) electrons. The normalized spacial score (nSPS) is 11.9. The van der Waals surface area contributed by atoms with Crippen molar-refractivity contribution >= 4 is 35.5 Å². The summed E-state index contributed by atoms with van der Waals surface area (Å²) in [6, 6.07) is 12.4. The number of pyridine rings is 1. The highest BCUT2D eigenvalue weighted by Crippen LogP contribution is 2.32. The monoisotopic (exact) mass is 407 g/mol. The minimum absolute atomic E-state index is 0.0301. The van der Waals surface area contributed by atoms with E-state index in [-0.39, 0.29) is 10.8 Å². The van der Waals surface area contributed by atoms with Gasteiger partial charge in [0, 0.05) is 18.1 Å². The zero-order chi connectivity index (χ0) is 19.3. The molecule has 0 amide bonds. The van der Waals surface area contributed by atoms with E-state index in [0.717, 1.165) is 23.5 Å². The highest BCUT2D eigenvalue weighted by molar-refractivity contribution is 7.98. The second-order valence-corrected chi connectivity index (χ2v) is 6.80. The number of nitrogens with zero attached hydrogens (tertiary/aromatic N) is 3. The number of aromatic nitrogens is 3. The van der Waals surface area contributed by atoms with E-state index >= 15 is 0 Å². The molecule has 0 atom stereocenters. The fraction of sp³-hybridized carbons (Fsp3) is 0.105. The zero-order valence-corrected chi connectivity index (χ0v) is 15.4. The topological polar surface area (TPSA) is 38.7 Å². The van der Waals surface area contributed by atoms with Crippen LogP contribution in [0.15, 0.2) is 60.0 Å². The number of benzene rings is 1. The second kappa shape index (κ2) is 8.54. The number of thioether (sulfide) groups is 1. The number of alkyl halides is 3. The van der Waals surface area contributed by atoms with Crippen molar-refractivity contribution in [3.63, 3.8) is 0 Å². The van der Waals surface area contributed by atoms with Gasteiger partial charge in [0.1, 0.15) is 0 Å². The maximum atomic E-state index is 12.7. The van der Waals surface area contributed by atoms with Crippen molar-refractivity contribution in [2.24, 2.45) is 0 Å². The molecule has 0 aliphatic carbocycles. The highest BCUT2D eigenvalue weighted by Gasteiger charge is 2.31. The first-order valence-electron chi connectivity index (χ1n) is 7.82. The molecule has 0 aliphatic rings. The number of hydrogen-bond acceptors (Lipinski definition) is 4. The second-order valence-electron chi connectivity index (χ2n) is 5.45. The number of hydrogen-bond donors (Lipinski definition) is 0. The Hall–Kier alpha value is -2.38. The predicted octanol–water partition coefficient (Wildman–Crippen LogP) is 6.01. The summed E-state index contributed by atoms with van der Waals surface area (Å²) in [5.41, 5.74) is 1.25. The smallest absolute Gasteiger partial charge is 0.258 e. The van der Waals surface area contributed by atoms with Gasteiger partial charge in [0.15, 0.2) is 5.16 Å². The fourth-order valence-corrected chi connectivity index (χ4v) is 3.24. The molecule has 0 N–H and O–H groups in total. The van der Waals surface area contributed by atoms with Gasteiger partial charge in [-0.2, -0.15) is 13.2 Å². The van der Waals surface area contributed by atoms with E-state index in [1.165, 1.54) is 11.8 Å². The van der Waals surface area contributed by atoms with Crippen LogP contribution in [0.5, 0.6) is 0 Å². The van der Waals surface area contributed by atoms with Gasteiger partial charge in [-0.15, -0.1) is 0 Å². The van der Waals surface area contributed by atoms with Gasteiger partial charge in [-0.1, -0.05) is 59.8 Å². The Bertz CT molecular complexity index is 946. The van der Waals surface area contributed by atoms with E-state index in [0.29, 0.717) is 10.9 Å². The maximum Gasteiger partial charge on any atom is 0.417 e. The van der Waals surface area contributed by atoms with E-state index in [1.54, 1.807) is 12.3 Å². The molecule has 0 saturated carbocycles. The lowest BCUT2D eigenvalue weighted by Gasteiger charge is -2.08. The van der Waals surface area contributed by atoms with Gasteiger partial charge < -0.3 is 0 Å². The third-order valence-corrected chi connectivity index (χ3v) is 4.68. The first kappa shape index (κ1) is 19.4. The van der Waals surface area contributed by atoms with E-state index < -0.39 is 11.7 Å². The first-order valence-corrected chi connectivity index (χ1v) is 9.19. The Morgan fingerprint density at radius 3 is 2.52 bits per heavy atom. The van der Waals surface area contributed by atoms with E-state index in [9.17, 15) is 13.2 Å². The molecule has 0 spiro atoms. The van der Waals surface area contributed by atoms with Crippen molar-refractivity contribution in [1.29, 1.82) is 0 Å². The summed E-state index contributed by atoms with van der Waals surface area (Å²) in [6.07, 6.45) is 1.74. The fourth-order valence-electron chi connectivity index (χ4n) is 2.12. The lowest BCUT2D eigenvalue weighted by Crippen LogP contribution is -2.06. The molecule has 1 aromatic carbocycles. The van der Waals surface area contributed by atoms with Crippen molar-refractivity contribution < 1.29 is 13.2 Å². The average molecular weight is 408 g/mol. The van der Waals surface area contributed by atoms with Crippen LogP contribution in [-0.2, 0) is 11.9 Å². The number of halogens is 4. The van der Waals surface area contributed by atoms with E-state index in [2.05, 4.69) is 15.0 Å². The van der Waals surface area contributed by atoms with Crippen molar-refractivity contribution in [3.05, 3.63) is 82.4 Å². The van der Waals surface area contributed by atoms with Crippen molar-refractivity contribution in [2.75, 3.05) is 0 Å². The molecule has 3 aromatic rings. The molecule has 0 bridgehead atoms. The standard InChI is InChI=1S/C19H13ClF3N3S/c20-16-10-14(19(21,22)23)11-25-17(16)12-27-18-24-9-8-15(26-18)7-6-13-4-2-1-3-5-13/h1-11H,12H2. The summed E-state index contributed by atoms with van der Waals surface area (Å²) in [7, 11) is 0. The summed E-state index contributed by atoms with van der Waals surface area (Å²) in [5.74, 6) is 0.267. The third kappa shape index (κ3) is 5.55. The Morgan fingerprint density at radius 1 is 1.04 bits per heavy atom.